The second-order valence-corrected chi connectivity index (χ2v) is 10.2. The molecule has 0 aliphatic carbocycles. The van der Waals surface area contributed by atoms with Crippen LogP contribution in [0.4, 0.5) is 11.4 Å². The lowest BCUT2D eigenvalue weighted by atomic mass is 9.94. The van der Waals surface area contributed by atoms with Gasteiger partial charge in [0, 0.05) is 17.9 Å². The van der Waals surface area contributed by atoms with Gasteiger partial charge in [-0.3, -0.25) is 0 Å². The van der Waals surface area contributed by atoms with Gasteiger partial charge in [-0.25, -0.2) is 4.79 Å². The SMILES string of the molecule is CCC(C)c1ccc(N2CCCc3cc(-c4ccc(-c5ccc(/C=C(\C#N)C(=O)O)cc5)cc4)ccc32)cc1. The largest absolute Gasteiger partial charge is 0.477 e. The highest BCUT2D eigenvalue weighted by atomic mass is 16.4. The molecule has 0 saturated carbocycles. The number of aryl methyl sites for hydroxylation is 1. The van der Waals surface area contributed by atoms with Gasteiger partial charge in [-0.05, 0) is 94.5 Å². The van der Waals surface area contributed by atoms with Crippen LogP contribution in [-0.2, 0) is 11.2 Å². The molecule has 5 rings (SSSR count). The van der Waals surface area contributed by atoms with E-state index in [1.807, 2.05) is 24.3 Å². The molecule has 4 aromatic rings. The molecule has 194 valence electrons. The molecule has 0 radical (unpaired) electrons. The number of rotatable bonds is 7. The summed E-state index contributed by atoms with van der Waals surface area (Å²) in [5.74, 6) is -0.637. The average molecular weight is 513 g/mol. The van der Waals surface area contributed by atoms with Crippen molar-refractivity contribution in [2.24, 2.45) is 0 Å². The topological polar surface area (TPSA) is 64.3 Å². The highest BCUT2D eigenvalue weighted by molar-refractivity contribution is 5.96. The molecule has 4 aromatic carbocycles. The van der Waals surface area contributed by atoms with Crippen LogP contribution in [0.15, 0.2) is 96.6 Å². The van der Waals surface area contributed by atoms with E-state index >= 15 is 0 Å². The minimum absolute atomic E-state index is 0.278. The number of carboxylic acid groups (broad SMARTS) is 1. The Morgan fingerprint density at radius 1 is 0.923 bits per heavy atom. The number of nitrogens with zero attached hydrogens (tertiary/aromatic N) is 2. The Labute approximate surface area is 230 Å². The van der Waals surface area contributed by atoms with Crippen LogP contribution in [0.2, 0.25) is 0 Å². The van der Waals surface area contributed by atoms with Crippen molar-refractivity contribution >= 4 is 23.4 Å². The Kier molecular flexibility index (Phi) is 7.61. The van der Waals surface area contributed by atoms with Crippen molar-refractivity contribution in [2.75, 3.05) is 11.4 Å². The van der Waals surface area contributed by atoms with Gasteiger partial charge in [-0.1, -0.05) is 80.6 Å². The van der Waals surface area contributed by atoms with Crippen LogP contribution < -0.4 is 4.90 Å². The van der Waals surface area contributed by atoms with Gasteiger partial charge in [0.25, 0.3) is 0 Å². The number of hydrogen-bond donors (Lipinski definition) is 1. The Bertz CT molecular complexity index is 1540. The number of anilines is 2. The quantitative estimate of drug-likeness (QED) is 0.199. The molecular weight excluding hydrogens is 480 g/mol. The highest BCUT2D eigenvalue weighted by Crippen LogP contribution is 2.37. The number of carboxylic acids is 1. The van der Waals surface area contributed by atoms with Gasteiger partial charge < -0.3 is 10.0 Å². The van der Waals surface area contributed by atoms with Crippen molar-refractivity contribution in [3.05, 3.63) is 113 Å². The fourth-order valence-electron chi connectivity index (χ4n) is 5.20. The second kappa shape index (κ2) is 11.4. The van der Waals surface area contributed by atoms with Gasteiger partial charge >= 0.3 is 5.97 Å². The first kappa shape index (κ1) is 26.0. The smallest absolute Gasteiger partial charge is 0.346 e. The van der Waals surface area contributed by atoms with Crippen LogP contribution in [0.5, 0.6) is 0 Å². The summed E-state index contributed by atoms with van der Waals surface area (Å²) in [5, 5.41) is 18.0. The molecule has 0 saturated heterocycles. The molecule has 4 heteroatoms. The summed E-state index contributed by atoms with van der Waals surface area (Å²) in [6.45, 7) is 5.55. The lowest BCUT2D eigenvalue weighted by molar-refractivity contribution is -0.132. The van der Waals surface area contributed by atoms with Crippen LogP contribution in [0.25, 0.3) is 28.3 Å². The molecule has 1 aliphatic rings. The third-order valence-electron chi connectivity index (χ3n) is 7.71. The second-order valence-electron chi connectivity index (χ2n) is 10.2. The maximum atomic E-state index is 11.1. The van der Waals surface area contributed by atoms with Crippen LogP contribution in [0.1, 0.15) is 49.3 Å². The van der Waals surface area contributed by atoms with E-state index in [9.17, 15) is 4.79 Å². The first-order valence-corrected chi connectivity index (χ1v) is 13.5. The Balaban J connectivity index is 1.34. The van der Waals surface area contributed by atoms with Gasteiger partial charge in [0.1, 0.15) is 11.6 Å². The lowest BCUT2D eigenvalue weighted by Gasteiger charge is -2.32. The zero-order valence-corrected chi connectivity index (χ0v) is 22.4. The summed E-state index contributed by atoms with van der Waals surface area (Å²) >= 11 is 0. The summed E-state index contributed by atoms with van der Waals surface area (Å²) in [6.07, 6.45) is 4.75. The van der Waals surface area contributed by atoms with E-state index in [1.165, 1.54) is 39.7 Å². The molecule has 1 heterocycles. The molecule has 39 heavy (non-hydrogen) atoms. The molecule has 1 atom stereocenters. The van der Waals surface area contributed by atoms with E-state index < -0.39 is 5.97 Å². The maximum Gasteiger partial charge on any atom is 0.346 e. The van der Waals surface area contributed by atoms with Gasteiger partial charge in [0.2, 0.25) is 0 Å². The average Bonchev–Trinajstić information content (AvgIpc) is 2.99. The van der Waals surface area contributed by atoms with Crippen LogP contribution in [0.3, 0.4) is 0 Å². The molecule has 4 nitrogen and oxygen atoms in total. The minimum Gasteiger partial charge on any atom is -0.477 e. The van der Waals surface area contributed by atoms with Crippen LogP contribution in [0, 0.1) is 11.3 Å². The number of hydrogen-bond acceptors (Lipinski definition) is 3. The number of aliphatic carboxylic acids is 1. The molecule has 1 unspecified atom stereocenters. The summed E-state index contributed by atoms with van der Waals surface area (Å²) < 4.78 is 0. The summed E-state index contributed by atoms with van der Waals surface area (Å²) in [5.41, 5.74) is 10.3. The molecule has 0 aromatic heterocycles. The van der Waals surface area contributed by atoms with Crippen LogP contribution >= 0.6 is 0 Å². The van der Waals surface area contributed by atoms with E-state index in [0.29, 0.717) is 11.5 Å². The maximum absolute atomic E-state index is 11.1. The Morgan fingerprint density at radius 3 is 2.10 bits per heavy atom. The van der Waals surface area contributed by atoms with Crippen molar-refractivity contribution in [3.8, 4) is 28.3 Å². The predicted octanol–water partition coefficient (Wildman–Crippen LogP) is 8.61. The fraction of sp³-hybridized carbons (Fsp3) is 0.200. The standard InChI is InChI=1S/C35H32N2O2/c1-3-24(2)26-14-17-33(18-15-26)37-20-4-5-31-22-30(16-19-34(31)37)29-12-10-28(11-13-29)27-8-6-25(7-9-27)21-32(23-36)35(38)39/h6-19,21-22,24H,3-5,20H2,1-2H3,(H,38,39)/b32-21+. The lowest BCUT2D eigenvalue weighted by Crippen LogP contribution is -2.24. The Hall–Kier alpha value is -4.62. The molecule has 1 aliphatic heterocycles. The van der Waals surface area contributed by atoms with Gasteiger partial charge in [-0.15, -0.1) is 0 Å². The van der Waals surface area contributed by atoms with E-state index in [2.05, 4.69) is 85.5 Å². The predicted molar refractivity (Wildman–Crippen MR) is 159 cm³/mol. The third kappa shape index (κ3) is 5.63. The first-order valence-electron chi connectivity index (χ1n) is 13.5. The number of carbonyl (C=O) groups is 1. The fourth-order valence-corrected chi connectivity index (χ4v) is 5.20. The van der Waals surface area contributed by atoms with Crippen molar-refractivity contribution < 1.29 is 9.90 Å². The Morgan fingerprint density at radius 2 is 1.51 bits per heavy atom. The van der Waals surface area contributed by atoms with Crippen molar-refractivity contribution in [3.63, 3.8) is 0 Å². The molecule has 0 bridgehead atoms. The summed E-state index contributed by atoms with van der Waals surface area (Å²) in [4.78, 5) is 13.5. The zero-order chi connectivity index (χ0) is 27.4. The number of nitriles is 1. The van der Waals surface area contributed by atoms with E-state index in [1.54, 1.807) is 6.07 Å². The first-order chi connectivity index (χ1) is 19.0. The van der Waals surface area contributed by atoms with Gasteiger partial charge in [-0.2, -0.15) is 5.26 Å². The highest BCUT2D eigenvalue weighted by Gasteiger charge is 2.19. The summed E-state index contributed by atoms with van der Waals surface area (Å²) in [7, 11) is 0. The monoisotopic (exact) mass is 512 g/mol. The molecule has 0 spiro atoms. The molecular formula is C35H32N2O2. The van der Waals surface area contributed by atoms with Gasteiger partial charge in [0.15, 0.2) is 0 Å². The van der Waals surface area contributed by atoms with E-state index in [-0.39, 0.29) is 5.57 Å². The number of benzene rings is 4. The van der Waals surface area contributed by atoms with Crippen LogP contribution in [-0.4, -0.2) is 17.6 Å². The number of fused-ring (bicyclic) bond motifs is 1. The zero-order valence-electron chi connectivity index (χ0n) is 22.4. The molecule has 1 N–H and O–H groups in total. The normalized spacial score (nSPS) is 13.9. The minimum atomic E-state index is -1.22. The molecule has 0 fully saturated rings. The van der Waals surface area contributed by atoms with Crippen molar-refractivity contribution in [1.29, 1.82) is 5.26 Å². The third-order valence-corrected chi connectivity index (χ3v) is 7.71. The summed E-state index contributed by atoms with van der Waals surface area (Å²) in [6, 6.07) is 33.7. The van der Waals surface area contributed by atoms with E-state index in [0.717, 1.165) is 36.9 Å². The van der Waals surface area contributed by atoms with E-state index in [4.69, 9.17) is 10.4 Å². The van der Waals surface area contributed by atoms with Gasteiger partial charge in [0.05, 0.1) is 0 Å². The van der Waals surface area contributed by atoms with Crippen molar-refractivity contribution in [2.45, 2.75) is 39.0 Å². The van der Waals surface area contributed by atoms with Crippen molar-refractivity contribution in [1.82, 2.24) is 0 Å². The molecule has 0 amide bonds.